The van der Waals surface area contributed by atoms with Crippen molar-refractivity contribution in [2.45, 2.75) is 6.92 Å². The predicted octanol–water partition coefficient (Wildman–Crippen LogP) is 3.35. The summed E-state index contributed by atoms with van der Waals surface area (Å²) in [5, 5.41) is 12.0. The predicted molar refractivity (Wildman–Crippen MR) is 79.7 cm³/mol. The summed E-state index contributed by atoms with van der Waals surface area (Å²) < 4.78 is 0. The van der Waals surface area contributed by atoms with E-state index < -0.39 is 0 Å². The third kappa shape index (κ3) is 2.90. The molecule has 0 aromatic heterocycles. The summed E-state index contributed by atoms with van der Waals surface area (Å²) in [6.07, 6.45) is 0. The van der Waals surface area contributed by atoms with Crippen LogP contribution in [0.1, 0.15) is 21.5 Å². The molecule has 0 atom stereocenters. The number of nitrogens with one attached hydrogen (secondary N) is 1. The number of anilines is 2. The van der Waals surface area contributed by atoms with Crippen LogP contribution in [0.3, 0.4) is 0 Å². The average molecular weight is 286 g/mol. The van der Waals surface area contributed by atoms with Gasteiger partial charge < -0.3 is 11.1 Å². The molecule has 4 nitrogen and oxygen atoms in total. The molecule has 0 heterocycles. The van der Waals surface area contributed by atoms with E-state index in [4.69, 9.17) is 22.6 Å². The van der Waals surface area contributed by atoms with Crippen LogP contribution < -0.4 is 11.1 Å². The normalized spacial score (nSPS) is 9.85. The fourth-order valence-corrected chi connectivity index (χ4v) is 1.93. The smallest absolute Gasteiger partial charge is 0.256 e. The Balaban J connectivity index is 2.28. The van der Waals surface area contributed by atoms with E-state index in [9.17, 15) is 4.79 Å². The van der Waals surface area contributed by atoms with Crippen molar-refractivity contribution in [1.29, 1.82) is 5.26 Å². The zero-order valence-electron chi connectivity index (χ0n) is 10.8. The second-order valence-electron chi connectivity index (χ2n) is 4.33. The zero-order valence-corrected chi connectivity index (χ0v) is 11.5. The lowest BCUT2D eigenvalue weighted by atomic mass is 10.1. The third-order valence-electron chi connectivity index (χ3n) is 2.85. The van der Waals surface area contributed by atoms with Gasteiger partial charge in [-0.25, -0.2) is 0 Å². The van der Waals surface area contributed by atoms with E-state index in [1.54, 1.807) is 30.3 Å². The molecule has 0 aliphatic heterocycles. The van der Waals surface area contributed by atoms with Gasteiger partial charge in [-0.1, -0.05) is 17.7 Å². The van der Waals surface area contributed by atoms with E-state index in [-0.39, 0.29) is 5.91 Å². The minimum atomic E-state index is -0.277. The molecule has 0 aliphatic rings. The number of amides is 1. The van der Waals surface area contributed by atoms with Crippen LogP contribution in [0.25, 0.3) is 0 Å². The number of aryl methyl sites for hydroxylation is 1. The molecule has 0 fully saturated rings. The summed E-state index contributed by atoms with van der Waals surface area (Å²) >= 11 is 5.84. The first-order valence-electron chi connectivity index (χ1n) is 5.88. The van der Waals surface area contributed by atoms with Crippen molar-refractivity contribution in [1.82, 2.24) is 0 Å². The van der Waals surface area contributed by atoms with E-state index >= 15 is 0 Å². The van der Waals surface area contributed by atoms with Gasteiger partial charge in [-0.05, 0) is 42.8 Å². The Morgan fingerprint density at radius 2 is 2.05 bits per heavy atom. The molecule has 3 N–H and O–H groups in total. The topological polar surface area (TPSA) is 78.9 Å². The number of hydrogen-bond acceptors (Lipinski definition) is 3. The van der Waals surface area contributed by atoms with Crippen molar-refractivity contribution in [2.75, 3.05) is 11.1 Å². The van der Waals surface area contributed by atoms with E-state index in [0.29, 0.717) is 27.5 Å². The molecule has 5 heteroatoms. The van der Waals surface area contributed by atoms with Gasteiger partial charge in [0.1, 0.15) is 6.07 Å². The van der Waals surface area contributed by atoms with Crippen LogP contribution in [-0.4, -0.2) is 5.91 Å². The van der Waals surface area contributed by atoms with Crippen molar-refractivity contribution < 1.29 is 4.79 Å². The lowest BCUT2D eigenvalue weighted by molar-refractivity contribution is 0.102. The number of nitrogens with zero attached hydrogens (tertiary/aromatic N) is 1. The molecule has 2 rings (SSSR count). The minimum Gasteiger partial charge on any atom is -0.399 e. The van der Waals surface area contributed by atoms with E-state index in [1.807, 2.05) is 13.0 Å². The van der Waals surface area contributed by atoms with Gasteiger partial charge in [0.05, 0.1) is 10.6 Å². The van der Waals surface area contributed by atoms with Crippen molar-refractivity contribution in [3.8, 4) is 6.07 Å². The maximum Gasteiger partial charge on any atom is 0.256 e. The summed E-state index contributed by atoms with van der Waals surface area (Å²) in [6.45, 7) is 1.83. The average Bonchev–Trinajstić information content (AvgIpc) is 2.43. The first kappa shape index (κ1) is 13.9. The Labute approximate surface area is 121 Å². The molecule has 0 saturated heterocycles. The lowest BCUT2D eigenvalue weighted by Gasteiger charge is -2.09. The molecule has 2 aromatic carbocycles. The fraction of sp³-hybridized carbons (Fsp3) is 0.0667. The highest BCUT2D eigenvalue weighted by atomic mass is 35.5. The summed E-state index contributed by atoms with van der Waals surface area (Å²) in [5.74, 6) is -0.277. The summed E-state index contributed by atoms with van der Waals surface area (Å²) in [6, 6.07) is 11.8. The maximum absolute atomic E-state index is 12.2. The van der Waals surface area contributed by atoms with Crippen molar-refractivity contribution in [3.63, 3.8) is 0 Å². The number of benzene rings is 2. The fourth-order valence-electron chi connectivity index (χ4n) is 1.77. The molecule has 2 aromatic rings. The summed E-state index contributed by atoms with van der Waals surface area (Å²) in [5.41, 5.74) is 8.36. The lowest BCUT2D eigenvalue weighted by Crippen LogP contribution is -2.13. The van der Waals surface area contributed by atoms with Crippen LogP contribution in [0.15, 0.2) is 36.4 Å². The molecular formula is C15H12ClN3O. The van der Waals surface area contributed by atoms with Gasteiger partial charge in [0, 0.05) is 16.9 Å². The van der Waals surface area contributed by atoms with Crippen LogP contribution in [-0.2, 0) is 0 Å². The zero-order chi connectivity index (χ0) is 14.7. The van der Waals surface area contributed by atoms with Gasteiger partial charge in [0.25, 0.3) is 5.91 Å². The molecule has 0 bridgehead atoms. The van der Waals surface area contributed by atoms with Crippen molar-refractivity contribution in [3.05, 3.63) is 58.1 Å². The number of halogens is 1. The molecule has 0 unspecified atom stereocenters. The van der Waals surface area contributed by atoms with Crippen LogP contribution in [0.4, 0.5) is 11.4 Å². The molecule has 1 amide bonds. The molecule has 0 saturated carbocycles. The van der Waals surface area contributed by atoms with Gasteiger partial charge in [-0.3, -0.25) is 4.79 Å². The van der Waals surface area contributed by atoms with Crippen molar-refractivity contribution in [2.24, 2.45) is 0 Å². The molecule has 0 aliphatic carbocycles. The number of carbonyl (C=O) groups excluding carboxylic acids is 1. The number of nitrogen functional groups attached to an aromatic ring is 1. The Morgan fingerprint density at radius 3 is 2.75 bits per heavy atom. The maximum atomic E-state index is 12.2. The van der Waals surface area contributed by atoms with Gasteiger partial charge in [0.2, 0.25) is 0 Å². The number of nitrogens with two attached hydrogens (primary N) is 1. The second-order valence-corrected chi connectivity index (χ2v) is 4.74. The van der Waals surface area contributed by atoms with Gasteiger partial charge >= 0.3 is 0 Å². The van der Waals surface area contributed by atoms with Crippen LogP contribution in [0.5, 0.6) is 0 Å². The highest BCUT2D eigenvalue weighted by molar-refractivity contribution is 6.31. The highest BCUT2D eigenvalue weighted by Crippen LogP contribution is 2.21. The minimum absolute atomic E-state index is 0.277. The Kier molecular flexibility index (Phi) is 3.92. The van der Waals surface area contributed by atoms with Gasteiger partial charge in [-0.15, -0.1) is 0 Å². The first-order chi connectivity index (χ1) is 9.51. The number of rotatable bonds is 2. The van der Waals surface area contributed by atoms with E-state index in [2.05, 4.69) is 5.32 Å². The molecule has 20 heavy (non-hydrogen) atoms. The van der Waals surface area contributed by atoms with Crippen LogP contribution >= 0.6 is 11.6 Å². The summed E-state index contributed by atoms with van der Waals surface area (Å²) in [7, 11) is 0. The monoisotopic (exact) mass is 285 g/mol. The highest BCUT2D eigenvalue weighted by Gasteiger charge is 2.10. The number of nitriles is 1. The standard InChI is InChI=1S/C15H12ClN3O/c1-9-2-3-11(18)7-13(9)15(20)19-12-4-5-14(16)10(6-12)8-17/h2-7H,18H2,1H3,(H,19,20). The number of hydrogen-bond donors (Lipinski definition) is 2. The summed E-state index contributed by atoms with van der Waals surface area (Å²) in [4.78, 5) is 12.2. The Bertz CT molecular complexity index is 720. The van der Waals surface area contributed by atoms with Crippen LogP contribution in [0.2, 0.25) is 5.02 Å². The molecular weight excluding hydrogens is 274 g/mol. The largest absolute Gasteiger partial charge is 0.399 e. The third-order valence-corrected chi connectivity index (χ3v) is 3.18. The Hall–Kier alpha value is -2.51. The molecule has 100 valence electrons. The van der Waals surface area contributed by atoms with Gasteiger partial charge in [-0.2, -0.15) is 5.26 Å². The molecule has 0 spiro atoms. The van der Waals surface area contributed by atoms with Crippen LogP contribution in [0, 0.1) is 18.3 Å². The first-order valence-corrected chi connectivity index (χ1v) is 6.26. The van der Waals surface area contributed by atoms with Gasteiger partial charge in [0.15, 0.2) is 0 Å². The Morgan fingerprint density at radius 1 is 1.30 bits per heavy atom. The SMILES string of the molecule is Cc1ccc(N)cc1C(=O)Nc1ccc(Cl)c(C#N)c1. The number of carbonyl (C=O) groups is 1. The van der Waals surface area contributed by atoms with E-state index in [0.717, 1.165) is 5.56 Å². The molecule has 0 radical (unpaired) electrons. The second kappa shape index (κ2) is 5.64. The van der Waals surface area contributed by atoms with E-state index in [1.165, 1.54) is 6.07 Å². The quantitative estimate of drug-likeness (QED) is 0.831. The van der Waals surface area contributed by atoms with Crippen molar-refractivity contribution >= 4 is 28.9 Å².